The number of anilines is 1. The molecule has 3 aromatic heterocycles. The van der Waals surface area contributed by atoms with Crippen LogP contribution >= 0.6 is 34.4 Å². The third-order valence-electron chi connectivity index (χ3n) is 5.94. The van der Waals surface area contributed by atoms with Gasteiger partial charge in [0.05, 0.1) is 18.4 Å². The number of carbonyl (C=O) groups excluding carboxylic acids is 2. The molecule has 3 heterocycles. The van der Waals surface area contributed by atoms with Crippen molar-refractivity contribution in [2.24, 2.45) is 0 Å². The monoisotopic (exact) mass is 530 g/mol. The summed E-state index contributed by atoms with van der Waals surface area (Å²) in [5, 5.41) is 15.0. The highest BCUT2D eigenvalue weighted by Crippen LogP contribution is 2.38. The average molecular weight is 531 g/mol. The van der Waals surface area contributed by atoms with E-state index in [0.717, 1.165) is 55.5 Å². The molecule has 3 aromatic rings. The van der Waals surface area contributed by atoms with Crippen molar-refractivity contribution < 1.29 is 14.3 Å². The summed E-state index contributed by atoms with van der Waals surface area (Å²) in [5.74, 6) is 0.355. The van der Waals surface area contributed by atoms with E-state index >= 15 is 0 Å². The van der Waals surface area contributed by atoms with Gasteiger partial charge in [-0.2, -0.15) is 0 Å². The van der Waals surface area contributed by atoms with E-state index in [1.165, 1.54) is 46.4 Å². The summed E-state index contributed by atoms with van der Waals surface area (Å²) in [5.41, 5.74) is 2.59. The first-order valence-electron chi connectivity index (χ1n) is 11.8. The van der Waals surface area contributed by atoms with Gasteiger partial charge in [-0.25, -0.2) is 4.79 Å². The fraction of sp³-hybridized carbons (Fsp3) is 0.440. The van der Waals surface area contributed by atoms with E-state index in [1.54, 1.807) is 17.4 Å². The van der Waals surface area contributed by atoms with Gasteiger partial charge in [0.1, 0.15) is 5.00 Å². The number of rotatable bonds is 9. The minimum Gasteiger partial charge on any atom is -0.465 e. The lowest BCUT2D eigenvalue weighted by molar-refractivity contribution is -0.113. The highest BCUT2D eigenvalue weighted by Gasteiger charge is 2.26. The third-order valence-corrected chi connectivity index (χ3v) is 9.19. The van der Waals surface area contributed by atoms with Gasteiger partial charge in [-0.3, -0.25) is 9.36 Å². The quantitative estimate of drug-likeness (QED) is 0.208. The van der Waals surface area contributed by atoms with E-state index in [2.05, 4.69) is 40.5 Å². The fourth-order valence-electron chi connectivity index (χ4n) is 4.20. The molecule has 0 aromatic carbocycles. The largest absolute Gasteiger partial charge is 0.465 e. The van der Waals surface area contributed by atoms with E-state index in [-0.39, 0.29) is 17.6 Å². The number of fused-ring (bicyclic) bond motifs is 1. The number of allylic oxidation sites excluding steroid dienone is 1. The molecule has 0 atom stereocenters. The van der Waals surface area contributed by atoms with Gasteiger partial charge in [0.15, 0.2) is 11.0 Å². The maximum Gasteiger partial charge on any atom is 0.341 e. The Hall–Kier alpha value is -2.43. The van der Waals surface area contributed by atoms with Crippen LogP contribution in [0.4, 0.5) is 5.00 Å². The number of nitrogens with one attached hydrogen (secondary N) is 1. The van der Waals surface area contributed by atoms with Crippen LogP contribution in [0.15, 0.2) is 29.3 Å². The van der Waals surface area contributed by atoms with Crippen molar-refractivity contribution in [1.82, 2.24) is 14.8 Å². The maximum absolute atomic E-state index is 12.9. The molecule has 7 nitrogen and oxygen atoms in total. The van der Waals surface area contributed by atoms with Gasteiger partial charge in [0.2, 0.25) is 5.91 Å². The smallest absolute Gasteiger partial charge is 0.341 e. The lowest BCUT2D eigenvalue weighted by atomic mass is 9.96. The number of amides is 1. The van der Waals surface area contributed by atoms with Crippen molar-refractivity contribution in [3.63, 3.8) is 0 Å². The predicted octanol–water partition coefficient (Wildman–Crippen LogP) is 5.99. The van der Waals surface area contributed by atoms with Crippen LogP contribution in [0.2, 0.25) is 0 Å². The molecule has 35 heavy (non-hydrogen) atoms. The number of esters is 1. The number of thiophene rings is 2. The van der Waals surface area contributed by atoms with Gasteiger partial charge >= 0.3 is 5.97 Å². The topological polar surface area (TPSA) is 86.1 Å². The Kier molecular flexibility index (Phi) is 8.80. The van der Waals surface area contributed by atoms with Crippen molar-refractivity contribution in [2.75, 3.05) is 18.2 Å². The summed E-state index contributed by atoms with van der Waals surface area (Å²) < 4.78 is 7.04. The van der Waals surface area contributed by atoms with Gasteiger partial charge in [0.25, 0.3) is 0 Å². The van der Waals surface area contributed by atoms with Crippen LogP contribution in [0.1, 0.15) is 58.3 Å². The van der Waals surface area contributed by atoms with E-state index in [4.69, 9.17) is 4.74 Å². The van der Waals surface area contributed by atoms with Crippen molar-refractivity contribution in [3.05, 3.63) is 45.0 Å². The summed E-state index contributed by atoms with van der Waals surface area (Å²) in [4.78, 5) is 28.0. The second-order valence-electron chi connectivity index (χ2n) is 8.31. The number of hydrogen-bond donors (Lipinski definition) is 1. The molecule has 0 unspecified atom stereocenters. The summed E-state index contributed by atoms with van der Waals surface area (Å²) in [6.07, 6.45) is 9.05. The molecule has 1 aliphatic carbocycles. The molecule has 4 rings (SSSR count). The van der Waals surface area contributed by atoms with Gasteiger partial charge in [-0.05, 0) is 43.7 Å². The van der Waals surface area contributed by atoms with Crippen LogP contribution in [0.3, 0.4) is 0 Å². The second kappa shape index (κ2) is 12.0. The molecule has 186 valence electrons. The number of ether oxygens (including phenoxy) is 1. The Bertz CT molecular complexity index is 1210. The Labute approximate surface area is 218 Å². The minimum absolute atomic E-state index is 0.155. The number of methoxy groups -OCH3 is 1. The zero-order valence-electron chi connectivity index (χ0n) is 20.1. The number of carbonyl (C=O) groups is 2. The van der Waals surface area contributed by atoms with Crippen molar-refractivity contribution in [1.29, 1.82) is 0 Å². The molecule has 0 saturated carbocycles. The van der Waals surface area contributed by atoms with Crippen molar-refractivity contribution in [3.8, 4) is 11.4 Å². The number of thioether (sulfide) groups is 1. The highest BCUT2D eigenvalue weighted by molar-refractivity contribution is 7.99. The summed E-state index contributed by atoms with van der Waals surface area (Å²) in [7, 11) is 1.39. The predicted molar refractivity (Wildman–Crippen MR) is 144 cm³/mol. The van der Waals surface area contributed by atoms with Crippen LogP contribution in [0.5, 0.6) is 0 Å². The Morgan fingerprint density at radius 1 is 1.26 bits per heavy atom. The maximum atomic E-state index is 12.9. The summed E-state index contributed by atoms with van der Waals surface area (Å²) in [6.45, 7) is 6.54. The summed E-state index contributed by atoms with van der Waals surface area (Å²) in [6, 6.07) is 2.13. The SMILES string of the molecule is C=CCn1c(SCC(=O)Nc2sc3c(c2C(=O)OC)CCCCCC3)nnc1-c1csc(CC)c1. The molecule has 10 heteroatoms. The highest BCUT2D eigenvalue weighted by atomic mass is 32.2. The number of aromatic nitrogens is 3. The first-order valence-corrected chi connectivity index (χ1v) is 14.5. The van der Waals surface area contributed by atoms with Gasteiger partial charge in [-0.15, -0.1) is 39.4 Å². The standard InChI is InChI=1S/C25H30N4O3S3/c1-4-12-29-22(16-13-17(5-2)33-14-16)27-28-25(29)34-15-20(30)26-23-21(24(31)32-3)18-10-8-6-7-9-11-19(18)35-23/h4,13-14H,1,5-12,15H2,2-3H3,(H,26,30). The van der Waals surface area contributed by atoms with Crippen LogP contribution in [0.25, 0.3) is 11.4 Å². The molecule has 0 bridgehead atoms. The Morgan fingerprint density at radius 2 is 2.06 bits per heavy atom. The third kappa shape index (κ3) is 5.87. The molecule has 0 saturated heterocycles. The first-order chi connectivity index (χ1) is 17.0. The normalized spacial score (nSPS) is 13.5. The molecule has 1 N–H and O–H groups in total. The second-order valence-corrected chi connectivity index (χ2v) is 11.4. The zero-order chi connectivity index (χ0) is 24.8. The molecule has 0 radical (unpaired) electrons. The van der Waals surface area contributed by atoms with E-state index in [9.17, 15) is 9.59 Å². The van der Waals surface area contributed by atoms with E-state index < -0.39 is 0 Å². The zero-order valence-corrected chi connectivity index (χ0v) is 22.5. The Balaban J connectivity index is 1.50. The molecular weight excluding hydrogens is 501 g/mol. The van der Waals surface area contributed by atoms with Crippen molar-refractivity contribution >= 4 is 51.3 Å². The van der Waals surface area contributed by atoms with E-state index in [0.29, 0.717) is 22.3 Å². The number of nitrogens with zero attached hydrogens (tertiary/aromatic N) is 3. The molecule has 0 spiro atoms. The van der Waals surface area contributed by atoms with Crippen molar-refractivity contribution in [2.45, 2.75) is 63.6 Å². The molecule has 1 aliphatic rings. The van der Waals surface area contributed by atoms with Gasteiger partial charge in [0, 0.05) is 27.2 Å². The molecule has 1 amide bonds. The molecule has 0 aliphatic heterocycles. The molecule has 0 fully saturated rings. The minimum atomic E-state index is -0.386. The first kappa shape index (κ1) is 25.7. The van der Waals surface area contributed by atoms with Gasteiger partial charge in [-0.1, -0.05) is 37.6 Å². The van der Waals surface area contributed by atoms with Crippen LogP contribution in [-0.4, -0.2) is 39.5 Å². The average Bonchev–Trinajstić information content (AvgIpc) is 3.55. The summed E-state index contributed by atoms with van der Waals surface area (Å²) >= 11 is 4.54. The lowest BCUT2D eigenvalue weighted by Crippen LogP contribution is -2.17. The van der Waals surface area contributed by atoms with E-state index in [1.807, 2.05) is 4.57 Å². The van der Waals surface area contributed by atoms with Crippen LogP contribution in [-0.2, 0) is 35.3 Å². The van der Waals surface area contributed by atoms with Crippen LogP contribution in [0, 0.1) is 0 Å². The molecular formula is C25H30N4O3S3. The number of aryl methyl sites for hydroxylation is 2. The number of hydrogen-bond acceptors (Lipinski definition) is 8. The van der Waals surface area contributed by atoms with Gasteiger partial charge < -0.3 is 10.1 Å². The Morgan fingerprint density at radius 3 is 2.77 bits per heavy atom. The van der Waals surface area contributed by atoms with Crippen LogP contribution < -0.4 is 5.32 Å². The lowest BCUT2D eigenvalue weighted by Gasteiger charge is -2.11. The fourth-order valence-corrected chi connectivity index (χ4v) is 7.06.